The molecule has 0 saturated heterocycles. The van der Waals surface area contributed by atoms with Gasteiger partial charge in [-0.1, -0.05) is 13.3 Å². The van der Waals surface area contributed by atoms with Crippen LogP contribution in [-0.2, 0) is 0 Å². The van der Waals surface area contributed by atoms with Crippen molar-refractivity contribution >= 4 is 5.91 Å². The number of rotatable bonds is 5. The molecule has 1 amide bonds. The fourth-order valence-corrected chi connectivity index (χ4v) is 1.59. The van der Waals surface area contributed by atoms with Crippen LogP contribution < -0.4 is 10.9 Å². The molecular formula is C12H18N2O3. The van der Waals surface area contributed by atoms with Gasteiger partial charge in [-0.3, -0.25) is 9.59 Å². The van der Waals surface area contributed by atoms with Crippen LogP contribution in [0.3, 0.4) is 0 Å². The highest BCUT2D eigenvalue weighted by molar-refractivity contribution is 5.93. The average Bonchev–Trinajstić information content (AvgIpc) is 2.26. The van der Waals surface area contributed by atoms with Crippen molar-refractivity contribution in [1.29, 1.82) is 0 Å². The molecule has 5 heteroatoms. The molecule has 0 bridgehead atoms. The molecule has 0 saturated carbocycles. The second kappa shape index (κ2) is 5.63. The third kappa shape index (κ3) is 4.40. The first-order chi connectivity index (χ1) is 7.94. The van der Waals surface area contributed by atoms with Crippen molar-refractivity contribution in [1.82, 2.24) is 10.3 Å². The van der Waals surface area contributed by atoms with Crippen molar-refractivity contribution in [3.63, 3.8) is 0 Å². The van der Waals surface area contributed by atoms with E-state index >= 15 is 0 Å². The Morgan fingerprint density at radius 3 is 2.88 bits per heavy atom. The van der Waals surface area contributed by atoms with Gasteiger partial charge in [0.2, 0.25) is 5.56 Å². The summed E-state index contributed by atoms with van der Waals surface area (Å²) in [7, 11) is 0. The molecule has 3 N–H and O–H groups in total. The van der Waals surface area contributed by atoms with Crippen molar-refractivity contribution < 1.29 is 9.90 Å². The van der Waals surface area contributed by atoms with Crippen LogP contribution in [0.1, 0.15) is 37.0 Å². The summed E-state index contributed by atoms with van der Waals surface area (Å²) in [5, 5.41) is 12.5. The van der Waals surface area contributed by atoms with E-state index in [0.29, 0.717) is 12.0 Å². The number of H-pyrrole nitrogens is 1. The molecule has 5 nitrogen and oxygen atoms in total. The van der Waals surface area contributed by atoms with Crippen LogP contribution >= 0.6 is 0 Å². The number of aromatic nitrogens is 1. The largest absolute Gasteiger partial charge is 0.388 e. The second-order valence-electron chi connectivity index (χ2n) is 4.37. The first-order valence-electron chi connectivity index (χ1n) is 5.64. The maximum absolute atomic E-state index is 11.7. The van der Waals surface area contributed by atoms with E-state index in [1.807, 2.05) is 6.92 Å². The van der Waals surface area contributed by atoms with Crippen molar-refractivity contribution in [2.24, 2.45) is 0 Å². The van der Waals surface area contributed by atoms with Crippen LogP contribution in [0, 0.1) is 0 Å². The zero-order valence-corrected chi connectivity index (χ0v) is 10.1. The van der Waals surface area contributed by atoms with Gasteiger partial charge in [-0.05, 0) is 19.4 Å². The minimum atomic E-state index is -0.911. The lowest BCUT2D eigenvalue weighted by atomic mass is 10.0. The van der Waals surface area contributed by atoms with Crippen LogP contribution in [0.15, 0.2) is 23.1 Å². The van der Waals surface area contributed by atoms with Gasteiger partial charge in [0.1, 0.15) is 0 Å². The fourth-order valence-electron chi connectivity index (χ4n) is 1.59. The predicted molar refractivity (Wildman–Crippen MR) is 64.9 cm³/mol. The Morgan fingerprint density at radius 1 is 1.59 bits per heavy atom. The lowest BCUT2D eigenvalue weighted by Gasteiger charge is -2.22. The van der Waals surface area contributed by atoms with Crippen LogP contribution in [-0.4, -0.2) is 28.1 Å². The molecule has 0 aliphatic rings. The molecule has 0 aliphatic carbocycles. The molecule has 0 fully saturated rings. The zero-order chi connectivity index (χ0) is 12.9. The number of nitrogens with one attached hydrogen (secondary N) is 2. The molecular weight excluding hydrogens is 220 g/mol. The van der Waals surface area contributed by atoms with Crippen molar-refractivity contribution in [3.05, 3.63) is 34.2 Å². The molecule has 94 valence electrons. The Balaban J connectivity index is 2.59. The third-order valence-corrected chi connectivity index (χ3v) is 2.46. The van der Waals surface area contributed by atoms with Gasteiger partial charge in [0.25, 0.3) is 5.91 Å². The fraction of sp³-hybridized carbons (Fsp3) is 0.500. The summed E-state index contributed by atoms with van der Waals surface area (Å²) in [6, 6.07) is 2.75. The normalized spacial score (nSPS) is 14.1. The van der Waals surface area contributed by atoms with Gasteiger partial charge in [0.15, 0.2) is 0 Å². The average molecular weight is 238 g/mol. The van der Waals surface area contributed by atoms with Crippen molar-refractivity contribution in [2.75, 3.05) is 6.54 Å². The highest BCUT2D eigenvalue weighted by Gasteiger charge is 2.20. The zero-order valence-electron chi connectivity index (χ0n) is 10.1. The minimum Gasteiger partial charge on any atom is -0.388 e. The molecule has 0 aliphatic heterocycles. The summed E-state index contributed by atoms with van der Waals surface area (Å²) >= 11 is 0. The van der Waals surface area contributed by atoms with Gasteiger partial charge in [0, 0.05) is 24.4 Å². The molecule has 0 spiro atoms. The van der Waals surface area contributed by atoms with E-state index < -0.39 is 5.60 Å². The number of aromatic amines is 1. The number of amides is 1. The predicted octanol–water partition coefficient (Wildman–Crippen LogP) is 0.656. The maximum Gasteiger partial charge on any atom is 0.251 e. The summed E-state index contributed by atoms with van der Waals surface area (Å²) < 4.78 is 0. The molecule has 1 aromatic heterocycles. The number of aliphatic hydroxyl groups is 1. The number of hydrogen-bond acceptors (Lipinski definition) is 3. The van der Waals surface area contributed by atoms with Gasteiger partial charge in [-0.15, -0.1) is 0 Å². The summed E-state index contributed by atoms with van der Waals surface area (Å²) in [6.45, 7) is 3.81. The lowest BCUT2D eigenvalue weighted by Crippen LogP contribution is -2.40. The molecule has 0 aromatic carbocycles. The highest BCUT2D eigenvalue weighted by Crippen LogP contribution is 2.10. The first kappa shape index (κ1) is 13.4. The summed E-state index contributed by atoms with van der Waals surface area (Å²) in [6.07, 6.45) is 2.87. The topological polar surface area (TPSA) is 82.2 Å². The minimum absolute atomic E-state index is 0.173. The van der Waals surface area contributed by atoms with Crippen LogP contribution in [0.2, 0.25) is 0 Å². The van der Waals surface area contributed by atoms with Crippen LogP contribution in [0.25, 0.3) is 0 Å². The summed E-state index contributed by atoms with van der Waals surface area (Å²) in [5.41, 5.74) is -0.940. The molecule has 1 rings (SSSR count). The van der Waals surface area contributed by atoms with E-state index in [4.69, 9.17) is 0 Å². The third-order valence-electron chi connectivity index (χ3n) is 2.46. The Morgan fingerprint density at radius 2 is 2.29 bits per heavy atom. The number of pyridine rings is 1. The van der Waals surface area contributed by atoms with E-state index in [-0.39, 0.29) is 18.0 Å². The summed E-state index contributed by atoms with van der Waals surface area (Å²) in [4.78, 5) is 25.1. The summed E-state index contributed by atoms with van der Waals surface area (Å²) in [5.74, 6) is -0.354. The Kier molecular flexibility index (Phi) is 4.45. The first-order valence-corrected chi connectivity index (χ1v) is 5.64. The molecule has 1 unspecified atom stereocenters. The number of carbonyl (C=O) groups excluding carboxylic acids is 1. The molecule has 17 heavy (non-hydrogen) atoms. The second-order valence-corrected chi connectivity index (χ2v) is 4.37. The smallest absolute Gasteiger partial charge is 0.251 e. The van der Waals surface area contributed by atoms with E-state index in [9.17, 15) is 14.7 Å². The van der Waals surface area contributed by atoms with Crippen molar-refractivity contribution in [3.8, 4) is 0 Å². The van der Waals surface area contributed by atoms with Gasteiger partial charge >= 0.3 is 0 Å². The maximum atomic E-state index is 11.7. The molecule has 0 radical (unpaired) electrons. The Labute approximate surface area is 99.9 Å². The van der Waals surface area contributed by atoms with Gasteiger partial charge in [-0.2, -0.15) is 0 Å². The van der Waals surface area contributed by atoms with Gasteiger partial charge < -0.3 is 15.4 Å². The van der Waals surface area contributed by atoms with E-state index in [1.165, 1.54) is 18.3 Å². The number of hydrogen-bond donors (Lipinski definition) is 3. The molecule has 1 heterocycles. The number of carbonyl (C=O) groups is 1. The standard InChI is InChI=1S/C12H18N2O3/c1-3-5-12(2,17)8-14-11(16)9-4-6-13-10(15)7-9/h4,6-7,17H,3,5,8H2,1-2H3,(H,13,15)(H,14,16). The Bertz CT molecular complexity index is 437. The monoisotopic (exact) mass is 238 g/mol. The van der Waals surface area contributed by atoms with E-state index in [2.05, 4.69) is 10.3 Å². The lowest BCUT2D eigenvalue weighted by molar-refractivity contribution is 0.0469. The highest BCUT2D eigenvalue weighted by atomic mass is 16.3. The van der Waals surface area contributed by atoms with E-state index in [0.717, 1.165) is 6.42 Å². The molecule has 1 aromatic rings. The van der Waals surface area contributed by atoms with Gasteiger partial charge in [-0.25, -0.2) is 0 Å². The quantitative estimate of drug-likeness (QED) is 0.704. The van der Waals surface area contributed by atoms with Crippen LogP contribution in [0.5, 0.6) is 0 Å². The van der Waals surface area contributed by atoms with Crippen LogP contribution in [0.4, 0.5) is 0 Å². The molecule has 1 atom stereocenters. The van der Waals surface area contributed by atoms with Crippen molar-refractivity contribution in [2.45, 2.75) is 32.3 Å². The van der Waals surface area contributed by atoms with E-state index in [1.54, 1.807) is 6.92 Å². The SMILES string of the molecule is CCCC(C)(O)CNC(=O)c1cc[nH]c(=O)c1. The Hall–Kier alpha value is -1.62. The van der Waals surface area contributed by atoms with Gasteiger partial charge in [0.05, 0.1) is 5.60 Å².